The molecule has 104 valence electrons. The summed E-state index contributed by atoms with van der Waals surface area (Å²) in [4.78, 5) is 15.8. The van der Waals surface area contributed by atoms with Crippen molar-refractivity contribution in [2.45, 2.75) is 12.5 Å². The Kier molecular flexibility index (Phi) is 2.76. The van der Waals surface area contributed by atoms with Crippen LogP contribution in [0.2, 0.25) is 5.02 Å². The number of hydrogen-bond acceptors (Lipinski definition) is 2. The van der Waals surface area contributed by atoms with Gasteiger partial charge in [0.1, 0.15) is 5.75 Å². The number of rotatable bonds is 2. The average Bonchev–Trinajstić information content (AvgIpc) is 3.11. The third-order valence-corrected chi connectivity index (χ3v) is 4.18. The van der Waals surface area contributed by atoms with Gasteiger partial charge in [-0.05, 0) is 17.7 Å². The van der Waals surface area contributed by atoms with Crippen molar-refractivity contribution in [3.05, 3.63) is 64.8 Å². The second-order valence-corrected chi connectivity index (χ2v) is 5.55. The van der Waals surface area contributed by atoms with Crippen LogP contribution in [0.25, 0.3) is 10.9 Å². The van der Waals surface area contributed by atoms with Gasteiger partial charge in [0, 0.05) is 23.6 Å². The van der Waals surface area contributed by atoms with Crippen molar-refractivity contribution in [2.24, 2.45) is 0 Å². The molecule has 1 aromatic heterocycles. The summed E-state index contributed by atoms with van der Waals surface area (Å²) in [6.45, 7) is 0. The van der Waals surface area contributed by atoms with E-state index in [1.807, 2.05) is 36.4 Å². The number of benzene rings is 2. The third kappa shape index (κ3) is 1.93. The first-order chi connectivity index (χ1) is 10.2. The van der Waals surface area contributed by atoms with Crippen LogP contribution in [0.15, 0.2) is 48.7 Å². The van der Waals surface area contributed by atoms with Gasteiger partial charge in [0.05, 0.1) is 10.5 Å². The number of para-hydroxylation sites is 2. The normalized spacial score (nSPS) is 16.7. The van der Waals surface area contributed by atoms with E-state index in [4.69, 9.17) is 16.3 Å². The molecule has 0 amide bonds. The molecular formula is C17H12ClNO2. The molecule has 1 N–H and O–H groups in total. The standard InChI is InChI=1S/C17H12ClNO2/c18-13-6-3-5-11-12(9-19-16(11)13)17(20)15-8-10-4-1-2-7-14(10)21-15/h1-7,9,15,19H,8H2. The maximum absolute atomic E-state index is 12.7. The van der Waals surface area contributed by atoms with Gasteiger partial charge in [-0.3, -0.25) is 4.79 Å². The molecule has 0 bridgehead atoms. The molecule has 3 aromatic rings. The summed E-state index contributed by atoms with van der Waals surface area (Å²) in [5.74, 6) is 0.786. The molecule has 3 nitrogen and oxygen atoms in total. The van der Waals surface area contributed by atoms with Gasteiger partial charge in [-0.2, -0.15) is 0 Å². The number of halogens is 1. The molecule has 0 radical (unpaired) electrons. The Morgan fingerprint density at radius 3 is 2.90 bits per heavy atom. The number of aromatic amines is 1. The van der Waals surface area contributed by atoms with Gasteiger partial charge in [-0.15, -0.1) is 0 Å². The number of Topliss-reactive ketones (excluding diaryl/α,β-unsaturated/α-hetero) is 1. The van der Waals surface area contributed by atoms with Crippen LogP contribution in [0.4, 0.5) is 0 Å². The minimum absolute atomic E-state index is 0.0142. The van der Waals surface area contributed by atoms with Crippen LogP contribution < -0.4 is 4.74 Å². The van der Waals surface area contributed by atoms with E-state index in [-0.39, 0.29) is 5.78 Å². The highest BCUT2D eigenvalue weighted by atomic mass is 35.5. The monoisotopic (exact) mass is 297 g/mol. The number of carbonyl (C=O) groups excluding carboxylic acids is 1. The highest BCUT2D eigenvalue weighted by Gasteiger charge is 2.30. The minimum atomic E-state index is -0.458. The van der Waals surface area contributed by atoms with Crippen molar-refractivity contribution in [1.82, 2.24) is 4.98 Å². The molecule has 2 heterocycles. The Hall–Kier alpha value is -2.26. The largest absolute Gasteiger partial charge is 0.482 e. The van der Waals surface area contributed by atoms with Gasteiger partial charge in [-0.1, -0.05) is 41.9 Å². The molecule has 1 aliphatic heterocycles. The molecule has 0 aliphatic carbocycles. The van der Waals surface area contributed by atoms with Gasteiger partial charge in [-0.25, -0.2) is 0 Å². The van der Waals surface area contributed by atoms with E-state index in [2.05, 4.69) is 4.98 Å². The molecule has 4 heteroatoms. The maximum atomic E-state index is 12.7. The Morgan fingerprint density at radius 2 is 2.05 bits per heavy atom. The van der Waals surface area contributed by atoms with Crippen molar-refractivity contribution in [1.29, 1.82) is 0 Å². The fourth-order valence-corrected chi connectivity index (χ4v) is 3.05. The van der Waals surface area contributed by atoms with Crippen LogP contribution in [0.1, 0.15) is 15.9 Å². The Labute approximate surface area is 126 Å². The molecular weight excluding hydrogens is 286 g/mol. The minimum Gasteiger partial charge on any atom is -0.482 e. The Bertz CT molecular complexity index is 828. The SMILES string of the molecule is O=C(c1c[nH]c2c(Cl)cccc12)C1Cc2ccccc2O1. The molecule has 4 rings (SSSR count). The van der Waals surface area contributed by atoms with Crippen LogP contribution in [0, 0.1) is 0 Å². The zero-order valence-corrected chi connectivity index (χ0v) is 11.9. The van der Waals surface area contributed by atoms with E-state index in [1.54, 1.807) is 12.3 Å². The second kappa shape index (κ2) is 4.64. The van der Waals surface area contributed by atoms with Crippen molar-refractivity contribution >= 4 is 28.3 Å². The number of H-pyrrole nitrogens is 1. The lowest BCUT2D eigenvalue weighted by atomic mass is 10.0. The summed E-state index contributed by atoms with van der Waals surface area (Å²) in [5, 5.41) is 1.45. The summed E-state index contributed by atoms with van der Waals surface area (Å²) in [5.41, 5.74) is 2.50. The second-order valence-electron chi connectivity index (χ2n) is 5.15. The molecule has 1 unspecified atom stereocenters. The van der Waals surface area contributed by atoms with E-state index >= 15 is 0 Å². The lowest BCUT2D eigenvalue weighted by molar-refractivity contribution is 0.0826. The molecule has 21 heavy (non-hydrogen) atoms. The number of nitrogens with one attached hydrogen (secondary N) is 1. The summed E-state index contributed by atoms with van der Waals surface area (Å²) in [6, 6.07) is 13.3. The smallest absolute Gasteiger partial charge is 0.205 e. The van der Waals surface area contributed by atoms with Crippen molar-refractivity contribution in [3.8, 4) is 5.75 Å². The number of ketones is 1. The summed E-state index contributed by atoms with van der Waals surface area (Å²) in [7, 11) is 0. The van der Waals surface area contributed by atoms with Crippen LogP contribution in [0.3, 0.4) is 0 Å². The first kappa shape index (κ1) is 12.5. The summed E-state index contributed by atoms with van der Waals surface area (Å²) < 4.78 is 5.78. The van der Waals surface area contributed by atoms with Crippen molar-refractivity contribution in [3.63, 3.8) is 0 Å². The van der Waals surface area contributed by atoms with Crippen LogP contribution in [-0.4, -0.2) is 16.9 Å². The zero-order chi connectivity index (χ0) is 14.4. The van der Waals surface area contributed by atoms with E-state index in [1.165, 1.54) is 0 Å². The Balaban J connectivity index is 1.71. The van der Waals surface area contributed by atoms with E-state index in [0.717, 1.165) is 22.2 Å². The quantitative estimate of drug-likeness (QED) is 0.726. The topological polar surface area (TPSA) is 42.1 Å². The maximum Gasteiger partial charge on any atom is 0.205 e. The van der Waals surface area contributed by atoms with Gasteiger partial charge in [0.15, 0.2) is 6.10 Å². The van der Waals surface area contributed by atoms with E-state index in [9.17, 15) is 4.79 Å². The third-order valence-electron chi connectivity index (χ3n) is 3.87. The van der Waals surface area contributed by atoms with Crippen LogP contribution >= 0.6 is 11.6 Å². The van der Waals surface area contributed by atoms with Gasteiger partial charge < -0.3 is 9.72 Å². The number of ether oxygens (including phenoxy) is 1. The van der Waals surface area contributed by atoms with Crippen molar-refractivity contribution < 1.29 is 9.53 Å². The molecule has 1 atom stereocenters. The van der Waals surface area contributed by atoms with Gasteiger partial charge in [0.2, 0.25) is 5.78 Å². The first-order valence-corrected chi connectivity index (χ1v) is 7.16. The predicted molar refractivity (Wildman–Crippen MR) is 82.2 cm³/mol. The average molecular weight is 298 g/mol. The molecule has 0 saturated heterocycles. The zero-order valence-electron chi connectivity index (χ0n) is 11.1. The molecule has 2 aromatic carbocycles. The lowest BCUT2D eigenvalue weighted by Crippen LogP contribution is -2.25. The number of carbonyl (C=O) groups is 1. The summed E-state index contributed by atoms with van der Waals surface area (Å²) >= 11 is 6.13. The van der Waals surface area contributed by atoms with E-state index in [0.29, 0.717) is 17.0 Å². The summed E-state index contributed by atoms with van der Waals surface area (Å²) in [6.07, 6.45) is 1.87. The Morgan fingerprint density at radius 1 is 1.19 bits per heavy atom. The predicted octanol–water partition coefficient (Wildman–Crippen LogP) is 4.01. The highest BCUT2D eigenvalue weighted by molar-refractivity contribution is 6.35. The van der Waals surface area contributed by atoms with E-state index < -0.39 is 6.10 Å². The van der Waals surface area contributed by atoms with Gasteiger partial charge in [0.25, 0.3) is 0 Å². The number of fused-ring (bicyclic) bond motifs is 2. The fraction of sp³-hybridized carbons (Fsp3) is 0.118. The first-order valence-electron chi connectivity index (χ1n) is 6.78. The van der Waals surface area contributed by atoms with Crippen LogP contribution in [0.5, 0.6) is 5.75 Å². The number of aromatic nitrogens is 1. The molecule has 0 saturated carbocycles. The van der Waals surface area contributed by atoms with Crippen molar-refractivity contribution in [2.75, 3.05) is 0 Å². The molecule has 0 fully saturated rings. The highest BCUT2D eigenvalue weighted by Crippen LogP contribution is 2.32. The number of hydrogen-bond donors (Lipinski definition) is 1. The van der Waals surface area contributed by atoms with Gasteiger partial charge >= 0.3 is 0 Å². The lowest BCUT2D eigenvalue weighted by Gasteiger charge is -2.08. The molecule has 1 aliphatic rings. The van der Waals surface area contributed by atoms with Crippen LogP contribution in [-0.2, 0) is 6.42 Å². The molecule has 0 spiro atoms. The fourth-order valence-electron chi connectivity index (χ4n) is 2.82.